The fourth-order valence-electron chi connectivity index (χ4n) is 3.70. The van der Waals surface area contributed by atoms with Crippen LogP contribution < -0.4 is 6.15 Å². The average molecular weight is 432 g/mol. The summed E-state index contributed by atoms with van der Waals surface area (Å²) in [5.41, 5.74) is 4.91. The van der Waals surface area contributed by atoms with Gasteiger partial charge < -0.3 is 6.15 Å². The van der Waals surface area contributed by atoms with Crippen LogP contribution in [0.4, 0.5) is 0 Å². The standard InChI is InChI=1S/C26H34O2.ClH.H3N/c1-4-7-13-20-18-19-24(23(17-9-6-3)22(20)16-8-5-2)26(28)25(27)21-14-11-10-12-15-21;;/h10-12,14-15,18-19H,4-9,13,16-17H2,1-3H3;1H;1H3. The molecule has 0 saturated carbocycles. The molecular weight excluding hydrogens is 394 g/mol. The van der Waals surface area contributed by atoms with Gasteiger partial charge in [-0.1, -0.05) is 82.5 Å². The summed E-state index contributed by atoms with van der Waals surface area (Å²) in [5, 5.41) is 0. The first-order valence-electron chi connectivity index (χ1n) is 10.9. The van der Waals surface area contributed by atoms with Gasteiger partial charge in [0.1, 0.15) is 0 Å². The van der Waals surface area contributed by atoms with Crippen LogP contribution in [0.3, 0.4) is 0 Å². The van der Waals surface area contributed by atoms with Crippen molar-refractivity contribution in [2.45, 2.75) is 78.6 Å². The molecule has 0 heterocycles. The van der Waals surface area contributed by atoms with Gasteiger partial charge in [-0.05, 0) is 55.2 Å². The molecule has 2 rings (SSSR count). The third-order valence-corrected chi connectivity index (χ3v) is 5.38. The first-order chi connectivity index (χ1) is 13.6. The summed E-state index contributed by atoms with van der Waals surface area (Å²) in [4.78, 5) is 25.9. The first-order valence-corrected chi connectivity index (χ1v) is 10.9. The van der Waals surface area contributed by atoms with Gasteiger partial charge in [-0.2, -0.15) is 0 Å². The highest BCUT2D eigenvalue weighted by Crippen LogP contribution is 2.26. The van der Waals surface area contributed by atoms with Gasteiger partial charge in [-0.25, -0.2) is 0 Å². The Hall–Kier alpha value is -1.97. The highest BCUT2D eigenvalue weighted by molar-refractivity contribution is 6.49. The second-order valence-corrected chi connectivity index (χ2v) is 7.56. The average Bonchev–Trinajstić information content (AvgIpc) is 2.74. The molecule has 0 fully saturated rings. The van der Waals surface area contributed by atoms with Crippen molar-refractivity contribution in [2.24, 2.45) is 0 Å². The summed E-state index contributed by atoms with van der Waals surface area (Å²) in [5.74, 6) is -0.766. The van der Waals surface area contributed by atoms with Crippen LogP contribution in [0.25, 0.3) is 0 Å². The van der Waals surface area contributed by atoms with E-state index in [1.165, 1.54) is 11.1 Å². The topological polar surface area (TPSA) is 69.1 Å². The summed E-state index contributed by atoms with van der Waals surface area (Å²) in [6.07, 6.45) is 9.59. The molecule has 166 valence electrons. The molecule has 0 atom stereocenters. The molecule has 0 spiro atoms. The summed E-state index contributed by atoms with van der Waals surface area (Å²) in [7, 11) is 0. The van der Waals surface area contributed by atoms with E-state index in [0.717, 1.165) is 63.4 Å². The zero-order valence-corrected chi connectivity index (χ0v) is 19.7. The number of hydrogen-bond donors (Lipinski definition) is 1. The molecule has 3 nitrogen and oxygen atoms in total. The second kappa shape index (κ2) is 14.9. The summed E-state index contributed by atoms with van der Waals surface area (Å²) >= 11 is 0. The number of benzene rings is 2. The van der Waals surface area contributed by atoms with Crippen LogP contribution in [0.1, 0.15) is 96.7 Å². The quantitative estimate of drug-likeness (QED) is 0.281. The van der Waals surface area contributed by atoms with Gasteiger partial charge in [0.25, 0.3) is 0 Å². The van der Waals surface area contributed by atoms with E-state index in [1.807, 2.05) is 12.1 Å². The zero-order valence-electron chi connectivity index (χ0n) is 18.8. The molecule has 0 aromatic heterocycles. The largest absolute Gasteiger partial charge is 0.344 e. The maximum Gasteiger partial charge on any atom is 0.233 e. The second-order valence-electron chi connectivity index (χ2n) is 7.56. The number of unbranched alkanes of at least 4 members (excludes halogenated alkanes) is 3. The molecule has 4 heteroatoms. The smallest absolute Gasteiger partial charge is 0.233 e. The molecule has 0 aliphatic carbocycles. The van der Waals surface area contributed by atoms with E-state index in [1.54, 1.807) is 24.3 Å². The van der Waals surface area contributed by atoms with Crippen molar-refractivity contribution < 1.29 is 9.59 Å². The lowest BCUT2D eigenvalue weighted by molar-refractivity contribution is 0.0816. The van der Waals surface area contributed by atoms with Crippen molar-refractivity contribution in [3.8, 4) is 0 Å². The predicted octanol–water partition coefficient (Wildman–Crippen LogP) is 7.36. The van der Waals surface area contributed by atoms with Gasteiger partial charge in [0.05, 0.1) is 0 Å². The molecule has 0 saturated heterocycles. The minimum atomic E-state index is -0.402. The van der Waals surface area contributed by atoms with E-state index in [9.17, 15) is 9.59 Å². The van der Waals surface area contributed by atoms with Gasteiger partial charge in [-0.15, -0.1) is 12.4 Å². The third kappa shape index (κ3) is 7.37. The lowest BCUT2D eigenvalue weighted by Crippen LogP contribution is -2.18. The van der Waals surface area contributed by atoms with Crippen LogP contribution in [-0.2, 0) is 19.3 Å². The molecule has 30 heavy (non-hydrogen) atoms. The van der Waals surface area contributed by atoms with Gasteiger partial charge in [0.2, 0.25) is 11.6 Å². The number of halogens is 1. The van der Waals surface area contributed by atoms with Crippen molar-refractivity contribution >= 4 is 24.0 Å². The maximum absolute atomic E-state index is 13.1. The number of Topliss-reactive ketones (excluding diaryl/α,β-unsaturated/α-hetero) is 2. The van der Waals surface area contributed by atoms with Gasteiger partial charge in [0.15, 0.2) is 0 Å². The van der Waals surface area contributed by atoms with Gasteiger partial charge in [-0.3, -0.25) is 9.59 Å². The van der Waals surface area contributed by atoms with Gasteiger partial charge >= 0.3 is 0 Å². The lowest BCUT2D eigenvalue weighted by Gasteiger charge is -2.18. The summed E-state index contributed by atoms with van der Waals surface area (Å²) in [6, 6.07) is 12.9. The van der Waals surface area contributed by atoms with Crippen LogP contribution >= 0.6 is 12.4 Å². The van der Waals surface area contributed by atoms with E-state index in [0.29, 0.717) is 11.1 Å². The molecule has 0 bridgehead atoms. The minimum absolute atomic E-state index is 0. The highest BCUT2D eigenvalue weighted by atomic mass is 35.5. The monoisotopic (exact) mass is 431 g/mol. The van der Waals surface area contributed by atoms with E-state index in [2.05, 4.69) is 26.8 Å². The number of ketones is 2. The fraction of sp³-hybridized carbons (Fsp3) is 0.462. The van der Waals surface area contributed by atoms with Crippen LogP contribution in [0.15, 0.2) is 42.5 Å². The Labute approximate surface area is 188 Å². The van der Waals surface area contributed by atoms with Crippen molar-refractivity contribution in [3.05, 3.63) is 70.3 Å². The van der Waals surface area contributed by atoms with Crippen LogP contribution in [0.5, 0.6) is 0 Å². The highest BCUT2D eigenvalue weighted by Gasteiger charge is 2.23. The Kier molecular flexibility index (Phi) is 13.9. The summed E-state index contributed by atoms with van der Waals surface area (Å²) in [6.45, 7) is 6.58. The third-order valence-electron chi connectivity index (χ3n) is 5.38. The van der Waals surface area contributed by atoms with E-state index in [4.69, 9.17) is 0 Å². The van der Waals surface area contributed by atoms with Crippen LogP contribution in [0.2, 0.25) is 0 Å². The van der Waals surface area contributed by atoms with Crippen molar-refractivity contribution in [1.82, 2.24) is 6.15 Å². The lowest BCUT2D eigenvalue weighted by atomic mass is 9.85. The van der Waals surface area contributed by atoms with E-state index < -0.39 is 5.78 Å². The molecule has 0 aliphatic heterocycles. The molecule has 2 aromatic rings. The van der Waals surface area contributed by atoms with E-state index in [-0.39, 0.29) is 24.3 Å². The van der Waals surface area contributed by atoms with Crippen LogP contribution in [-0.4, -0.2) is 11.6 Å². The minimum Gasteiger partial charge on any atom is -0.344 e. The Morgan fingerprint density at radius 1 is 0.667 bits per heavy atom. The molecular formula is C26H38ClNO2. The molecule has 2 aromatic carbocycles. The SMILES string of the molecule is CCCCc1ccc(C(=O)C(=O)c2ccccc2)c(CCCC)c1CCCC.Cl.N. The van der Waals surface area contributed by atoms with Crippen LogP contribution in [0, 0.1) is 0 Å². The zero-order chi connectivity index (χ0) is 20.4. The van der Waals surface area contributed by atoms with E-state index >= 15 is 0 Å². The van der Waals surface area contributed by atoms with Crippen molar-refractivity contribution in [2.75, 3.05) is 0 Å². The Bertz CT molecular complexity index is 787. The maximum atomic E-state index is 13.1. The number of carbonyl (C=O) groups is 2. The first kappa shape index (κ1) is 28.0. The predicted molar refractivity (Wildman–Crippen MR) is 130 cm³/mol. The molecule has 0 unspecified atom stereocenters. The number of rotatable bonds is 12. The number of hydrogen-bond acceptors (Lipinski definition) is 3. The van der Waals surface area contributed by atoms with Crippen molar-refractivity contribution in [3.63, 3.8) is 0 Å². The molecule has 0 amide bonds. The Balaban J connectivity index is 0.00000420. The normalized spacial score (nSPS) is 10.1. The molecule has 0 radical (unpaired) electrons. The molecule has 3 N–H and O–H groups in total. The number of carbonyl (C=O) groups excluding carboxylic acids is 2. The summed E-state index contributed by atoms with van der Waals surface area (Å²) < 4.78 is 0. The van der Waals surface area contributed by atoms with Gasteiger partial charge in [0, 0.05) is 11.1 Å². The fourth-order valence-corrected chi connectivity index (χ4v) is 3.70. The Morgan fingerprint density at radius 2 is 1.20 bits per heavy atom. The van der Waals surface area contributed by atoms with Crippen molar-refractivity contribution in [1.29, 1.82) is 0 Å². The molecule has 0 aliphatic rings. The Morgan fingerprint density at radius 3 is 1.77 bits per heavy atom. The number of aryl methyl sites for hydroxylation is 1.